The first kappa shape index (κ1) is 15.4. The highest BCUT2D eigenvalue weighted by Gasteiger charge is 2.32. The molecule has 0 fully saturated rings. The van der Waals surface area contributed by atoms with Crippen LogP contribution < -0.4 is 5.32 Å². The number of nitrogens with one attached hydrogen (secondary N) is 1. The molecule has 0 saturated carbocycles. The Morgan fingerprint density at radius 1 is 1.25 bits per heavy atom. The Kier molecular flexibility index (Phi) is 5.47. The van der Waals surface area contributed by atoms with Gasteiger partial charge in [0.1, 0.15) is 0 Å². The molecule has 0 bridgehead atoms. The predicted molar refractivity (Wildman–Crippen MR) is 67.5 cm³/mol. The van der Waals surface area contributed by atoms with Gasteiger partial charge in [-0.25, -0.2) is 0 Å². The van der Waals surface area contributed by atoms with Crippen molar-refractivity contribution in [3.63, 3.8) is 0 Å². The smallest absolute Gasteiger partial charge is 0.306 e. The van der Waals surface area contributed by atoms with Gasteiger partial charge in [-0.15, -0.1) is 0 Å². The van der Waals surface area contributed by atoms with Crippen LogP contribution in [0.2, 0.25) is 0 Å². The lowest BCUT2D eigenvalue weighted by molar-refractivity contribution is -0.141. The van der Waals surface area contributed by atoms with Crippen LogP contribution in [-0.4, -0.2) is 24.2 Å². The van der Waals surface area contributed by atoms with Crippen molar-refractivity contribution in [3.8, 4) is 0 Å². The van der Waals surface area contributed by atoms with Crippen LogP contribution in [0.25, 0.3) is 0 Å². The molecule has 0 aliphatic heterocycles. The zero-order chi connectivity index (χ0) is 13.0. The SMILES string of the molecule is CC(CCNCC(C)(C)C(C)(C)C)C(=O)O. The zero-order valence-electron chi connectivity index (χ0n) is 11.6. The van der Waals surface area contributed by atoms with Gasteiger partial charge in [-0.2, -0.15) is 0 Å². The number of carbonyl (C=O) groups is 1. The van der Waals surface area contributed by atoms with Gasteiger partial charge in [-0.05, 0) is 23.8 Å². The van der Waals surface area contributed by atoms with E-state index in [0.29, 0.717) is 6.42 Å². The third kappa shape index (κ3) is 4.97. The number of rotatable bonds is 6. The quantitative estimate of drug-likeness (QED) is 0.689. The van der Waals surface area contributed by atoms with Crippen LogP contribution in [0.5, 0.6) is 0 Å². The molecule has 2 N–H and O–H groups in total. The van der Waals surface area contributed by atoms with E-state index < -0.39 is 5.97 Å². The Morgan fingerprint density at radius 2 is 1.75 bits per heavy atom. The molecule has 0 aliphatic carbocycles. The molecule has 16 heavy (non-hydrogen) atoms. The summed E-state index contributed by atoms with van der Waals surface area (Å²) in [6.07, 6.45) is 0.690. The van der Waals surface area contributed by atoms with Crippen molar-refractivity contribution < 1.29 is 9.90 Å². The van der Waals surface area contributed by atoms with Crippen LogP contribution in [0, 0.1) is 16.7 Å². The first-order valence-corrected chi connectivity index (χ1v) is 6.01. The summed E-state index contributed by atoms with van der Waals surface area (Å²) in [7, 11) is 0. The Balaban J connectivity index is 3.87. The zero-order valence-corrected chi connectivity index (χ0v) is 11.6. The van der Waals surface area contributed by atoms with Gasteiger partial charge in [0.15, 0.2) is 0 Å². The molecule has 3 nitrogen and oxygen atoms in total. The van der Waals surface area contributed by atoms with Crippen LogP contribution in [0.4, 0.5) is 0 Å². The van der Waals surface area contributed by atoms with Gasteiger partial charge in [0, 0.05) is 6.54 Å². The molecule has 96 valence electrons. The molecule has 1 atom stereocenters. The molecule has 0 saturated heterocycles. The summed E-state index contributed by atoms with van der Waals surface area (Å²) in [5, 5.41) is 12.1. The van der Waals surface area contributed by atoms with E-state index in [4.69, 9.17) is 5.11 Å². The van der Waals surface area contributed by atoms with E-state index in [-0.39, 0.29) is 16.7 Å². The average molecular weight is 229 g/mol. The van der Waals surface area contributed by atoms with Crippen LogP contribution in [0.1, 0.15) is 48.0 Å². The van der Waals surface area contributed by atoms with E-state index in [2.05, 4.69) is 39.9 Å². The molecule has 0 spiro atoms. The lowest BCUT2D eigenvalue weighted by Gasteiger charge is -2.39. The topological polar surface area (TPSA) is 49.3 Å². The standard InChI is InChI=1S/C13H27NO2/c1-10(11(15)16)7-8-14-9-13(5,6)12(2,3)4/h10,14H,7-9H2,1-6H3,(H,15,16). The van der Waals surface area contributed by atoms with Gasteiger partial charge in [-0.3, -0.25) is 4.79 Å². The van der Waals surface area contributed by atoms with Gasteiger partial charge in [0.2, 0.25) is 0 Å². The van der Waals surface area contributed by atoms with E-state index in [1.807, 2.05) is 0 Å². The lowest BCUT2D eigenvalue weighted by Crippen LogP contribution is -2.40. The highest BCUT2D eigenvalue weighted by atomic mass is 16.4. The third-order valence-electron chi connectivity index (χ3n) is 3.77. The fourth-order valence-corrected chi connectivity index (χ4v) is 1.11. The van der Waals surface area contributed by atoms with Crippen molar-refractivity contribution in [1.29, 1.82) is 0 Å². The Bertz CT molecular complexity index is 229. The second-order valence-corrected chi connectivity index (χ2v) is 6.34. The normalized spacial score (nSPS) is 14.9. The summed E-state index contributed by atoms with van der Waals surface area (Å²) < 4.78 is 0. The predicted octanol–water partition coefficient (Wildman–Crippen LogP) is 2.76. The fraction of sp³-hybridized carbons (Fsp3) is 0.923. The summed E-state index contributed by atoms with van der Waals surface area (Å²) in [5.41, 5.74) is 0.456. The van der Waals surface area contributed by atoms with E-state index in [0.717, 1.165) is 13.1 Å². The summed E-state index contributed by atoms with van der Waals surface area (Å²) in [4.78, 5) is 10.6. The summed E-state index contributed by atoms with van der Waals surface area (Å²) in [5.74, 6) is -0.970. The van der Waals surface area contributed by atoms with E-state index in [1.165, 1.54) is 0 Å². The maximum Gasteiger partial charge on any atom is 0.306 e. The number of hydrogen-bond donors (Lipinski definition) is 2. The highest BCUT2D eigenvalue weighted by Crippen LogP contribution is 2.36. The third-order valence-corrected chi connectivity index (χ3v) is 3.77. The molecule has 0 aliphatic rings. The number of aliphatic carboxylic acids is 1. The second kappa shape index (κ2) is 5.67. The van der Waals surface area contributed by atoms with Crippen LogP contribution in [-0.2, 0) is 4.79 Å². The van der Waals surface area contributed by atoms with E-state index in [9.17, 15) is 4.79 Å². The average Bonchev–Trinajstić information content (AvgIpc) is 2.09. The molecule has 0 amide bonds. The van der Waals surface area contributed by atoms with Crippen LogP contribution >= 0.6 is 0 Å². The number of carboxylic acid groups (broad SMARTS) is 1. The van der Waals surface area contributed by atoms with E-state index in [1.54, 1.807) is 6.92 Å². The van der Waals surface area contributed by atoms with Gasteiger partial charge in [0.25, 0.3) is 0 Å². The first-order valence-electron chi connectivity index (χ1n) is 6.01. The molecule has 0 aromatic heterocycles. The van der Waals surface area contributed by atoms with Gasteiger partial charge in [0.05, 0.1) is 5.92 Å². The second-order valence-electron chi connectivity index (χ2n) is 6.34. The monoisotopic (exact) mass is 229 g/mol. The molecular formula is C13H27NO2. The van der Waals surface area contributed by atoms with Crippen molar-refractivity contribution in [2.24, 2.45) is 16.7 Å². The molecule has 1 unspecified atom stereocenters. The minimum atomic E-state index is -0.711. The minimum absolute atomic E-state index is 0.208. The molecule has 0 heterocycles. The molecule has 0 rings (SSSR count). The Morgan fingerprint density at radius 3 is 2.12 bits per heavy atom. The van der Waals surface area contributed by atoms with Crippen molar-refractivity contribution in [2.75, 3.05) is 13.1 Å². The van der Waals surface area contributed by atoms with Gasteiger partial charge in [-0.1, -0.05) is 41.5 Å². The summed E-state index contributed by atoms with van der Waals surface area (Å²) in [6.45, 7) is 14.6. The van der Waals surface area contributed by atoms with Gasteiger partial charge >= 0.3 is 5.97 Å². The number of carboxylic acids is 1. The molecular weight excluding hydrogens is 202 g/mol. The maximum absolute atomic E-state index is 10.6. The van der Waals surface area contributed by atoms with Crippen molar-refractivity contribution in [2.45, 2.75) is 48.0 Å². The Hall–Kier alpha value is -0.570. The molecule has 0 radical (unpaired) electrons. The van der Waals surface area contributed by atoms with E-state index >= 15 is 0 Å². The van der Waals surface area contributed by atoms with Crippen LogP contribution in [0.15, 0.2) is 0 Å². The minimum Gasteiger partial charge on any atom is -0.481 e. The molecule has 0 aromatic rings. The maximum atomic E-state index is 10.6. The van der Waals surface area contributed by atoms with Crippen molar-refractivity contribution in [3.05, 3.63) is 0 Å². The first-order chi connectivity index (χ1) is 7.08. The Labute approximate surface area is 99.6 Å². The largest absolute Gasteiger partial charge is 0.481 e. The van der Waals surface area contributed by atoms with Crippen molar-refractivity contribution >= 4 is 5.97 Å². The molecule has 0 aromatic carbocycles. The highest BCUT2D eigenvalue weighted by molar-refractivity contribution is 5.69. The summed E-state index contributed by atoms with van der Waals surface area (Å²) >= 11 is 0. The molecule has 3 heteroatoms. The number of hydrogen-bond acceptors (Lipinski definition) is 2. The van der Waals surface area contributed by atoms with Crippen LogP contribution in [0.3, 0.4) is 0 Å². The lowest BCUT2D eigenvalue weighted by atomic mass is 9.69. The van der Waals surface area contributed by atoms with Crippen molar-refractivity contribution in [1.82, 2.24) is 5.32 Å². The van der Waals surface area contributed by atoms with Gasteiger partial charge < -0.3 is 10.4 Å². The summed E-state index contributed by atoms with van der Waals surface area (Å²) in [6, 6.07) is 0. The fourth-order valence-electron chi connectivity index (χ4n) is 1.11.